The van der Waals surface area contributed by atoms with E-state index in [0.29, 0.717) is 0 Å². The molecule has 45 heavy (non-hydrogen) atoms. The standard InChI is InChI=1S/C22H44O18P5/c1-9-27-41(23,28-10-2)37-45(38-42(24,29-11-3)30-12-4,39-43(25,31-13-5)32-14-6,40-44(26,33-15-7)34-16-8)35-21-19-17-18-20-22(21)36-45/h17-20H,9-16H2,1-8H3/q-1. The molecule has 2 rings (SSSR count). The van der Waals surface area contributed by atoms with Crippen LogP contribution in [0.5, 0.6) is 11.5 Å². The van der Waals surface area contributed by atoms with E-state index in [4.69, 9.17) is 62.5 Å². The first-order valence-electron chi connectivity index (χ1n) is 14.2. The maximum atomic E-state index is 14.4. The summed E-state index contributed by atoms with van der Waals surface area (Å²) in [6.45, 7) is 8.42. The van der Waals surface area contributed by atoms with E-state index in [1.165, 1.54) is 79.7 Å². The average Bonchev–Trinajstić information content (AvgIpc) is 3.18. The van der Waals surface area contributed by atoms with Gasteiger partial charge in [0.25, 0.3) is 0 Å². The quantitative estimate of drug-likeness (QED) is 0.0907. The molecule has 266 valence electrons. The van der Waals surface area contributed by atoms with Crippen LogP contribution in [-0.4, -0.2) is 52.9 Å². The van der Waals surface area contributed by atoms with Gasteiger partial charge in [-0.1, -0.05) is 0 Å². The minimum atomic E-state index is -8.31. The van der Waals surface area contributed by atoms with Crippen molar-refractivity contribution in [2.45, 2.75) is 55.4 Å². The molecule has 0 saturated carbocycles. The topological polar surface area (TPSA) is 197 Å². The molecule has 0 bridgehead atoms. The number of para-hydroxylation sites is 2. The molecule has 0 atom stereocenters. The van der Waals surface area contributed by atoms with Gasteiger partial charge in [-0.15, -0.1) is 0 Å². The van der Waals surface area contributed by atoms with Gasteiger partial charge in [0.05, 0.1) is 0 Å². The second kappa shape index (κ2) is 15.9. The van der Waals surface area contributed by atoms with Crippen molar-refractivity contribution in [2.75, 3.05) is 52.9 Å². The van der Waals surface area contributed by atoms with Gasteiger partial charge < -0.3 is 0 Å². The van der Waals surface area contributed by atoms with Gasteiger partial charge in [0.1, 0.15) is 0 Å². The molecule has 1 heterocycles. The minimum absolute atomic E-state index is 0.362. The molecule has 18 nitrogen and oxygen atoms in total. The number of benzene rings is 1. The zero-order valence-corrected chi connectivity index (χ0v) is 31.0. The van der Waals surface area contributed by atoms with Crippen LogP contribution in [0, 0.1) is 0 Å². The second-order valence-electron chi connectivity index (χ2n) is 8.20. The Hall–Kier alpha value is -0.310. The summed E-state index contributed by atoms with van der Waals surface area (Å²) >= 11 is 0. The number of phosphoric acid groups is 4. The van der Waals surface area contributed by atoms with Crippen molar-refractivity contribution < 1.29 is 80.7 Å². The monoisotopic (exact) mass is 751 g/mol. The van der Waals surface area contributed by atoms with Crippen LogP contribution in [0.25, 0.3) is 0 Å². The van der Waals surface area contributed by atoms with E-state index < -0.39 is 38.6 Å². The average molecular weight is 751 g/mol. The van der Waals surface area contributed by atoms with Gasteiger partial charge in [0, 0.05) is 0 Å². The first kappa shape index (κ1) is 40.9. The Morgan fingerprint density at radius 2 is 0.644 bits per heavy atom. The molecule has 0 amide bonds. The van der Waals surface area contributed by atoms with Crippen LogP contribution in [0.3, 0.4) is 0 Å². The molecular formula is C22H44O18P5-. The first-order valence-corrected chi connectivity index (χ1v) is 22.3. The number of fused-ring (bicyclic) bond motifs is 1. The Morgan fingerprint density at radius 3 is 0.822 bits per heavy atom. The summed E-state index contributed by atoms with van der Waals surface area (Å²) in [5.74, 6) is -0.766. The molecule has 0 radical (unpaired) electrons. The van der Waals surface area contributed by atoms with Crippen LogP contribution in [0.15, 0.2) is 24.3 Å². The molecule has 0 spiro atoms. The van der Waals surface area contributed by atoms with E-state index in [0.717, 1.165) is 0 Å². The summed E-state index contributed by atoms with van der Waals surface area (Å²) in [6, 6.07) is 5.39. The fourth-order valence-electron chi connectivity index (χ4n) is 3.66. The summed E-state index contributed by atoms with van der Waals surface area (Å²) in [4.78, 5) is 0. The van der Waals surface area contributed by atoms with Gasteiger partial charge >= 0.3 is 263 Å². The number of hydrogen-bond acceptors (Lipinski definition) is 18. The fourth-order valence-corrected chi connectivity index (χ4v) is 19.1. The SMILES string of the molecule is CCOP(=O)(OCC)O[P-]1(OP(=O)(OCC)OCC)(OP(=O)(OCC)OCC)(OP(=O)(OCC)OCC)Oc2ccccc2O1. The number of hydrogen-bond donors (Lipinski definition) is 0. The van der Waals surface area contributed by atoms with Crippen LogP contribution >= 0.6 is 38.6 Å². The van der Waals surface area contributed by atoms with Gasteiger partial charge in [-0.25, -0.2) is 0 Å². The van der Waals surface area contributed by atoms with Crippen molar-refractivity contribution in [3.63, 3.8) is 0 Å². The van der Waals surface area contributed by atoms with Gasteiger partial charge in [-0.2, -0.15) is 0 Å². The van der Waals surface area contributed by atoms with Crippen molar-refractivity contribution in [1.29, 1.82) is 0 Å². The molecule has 0 aliphatic carbocycles. The Kier molecular flexibility index (Phi) is 14.5. The molecule has 0 saturated heterocycles. The van der Waals surface area contributed by atoms with Crippen molar-refractivity contribution in [3.8, 4) is 11.5 Å². The van der Waals surface area contributed by atoms with Crippen LogP contribution < -0.4 is 9.05 Å². The van der Waals surface area contributed by atoms with Gasteiger partial charge in [0.15, 0.2) is 0 Å². The molecule has 1 aromatic carbocycles. The molecule has 0 unspecified atom stereocenters. The summed E-state index contributed by atoms with van der Waals surface area (Å²) in [5, 5.41) is 0. The first-order chi connectivity index (χ1) is 21.1. The molecule has 1 aliphatic heterocycles. The third-order valence-electron chi connectivity index (χ3n) is 4.78. The van der Waals surface area contributed by atoms with Crippen LogP contribution in [0.2, 0.25) is 0 Å². The summed E-state index contributed by atoms with van der Waals surface area (Å²) in [6.07, 6.45) is 0. The summed E-state index contributed by atoms with van der Waals surface area (Å²) < 4.78 is 136. The fraction of sp³-hybridized carbons (Fsp3) is 0.727. The number of rotatable bonds is 24. The van der Waals surface area contributed by atoms with E-state index in [1.807, 2.05) is 0 Å². The van der Waals surface area contributed by atoms with E-state index in [1.54, 1.807) is 0 Å². The van der Waals surface area contributed by atoms with Gasteiger partial charge in [-0.3, -0.25) is 0 Å². The molecule has 23 heteroatoms. The van der Waals surface area contributed by atoms with Gasteiger partial charge in [0.2, 0.25) is 0 Å². The Labute approximate surface area is 263 Å². The molecular weight excluding hydrogens is 707 g/mol. The third kappa shape index (κ3) is 9.65. The molecule has 1 aromatic rings. The molecule has 1 aliphatic rings. The molecule has 0 aromatic heterocycles. The van der Waals surface area contributed by atoms with Gasteiger partial charge in [-0.05, 0) is 0 Å². The van der Waals surface area contributed by atoms with Crippen molar-refractivity contribution >= 4 is 38.6 Å². The van der Waals surface area contributed by atoms with E-state index in [2.05, 4.69) is 0 Å². The van der Waals surface area contributed by atoms with E-state index in [-0.39, 0.29) is 64.4 Å². The Bertz CT molecular complexity index is 1110. The zero-order valence-electron chi connectivity index (χ0n) is 26.6. The number of phosphoric ester groups is 4. The normalized spacial score (nSPS) is 18.9. The Morgan fingerprint density at radius 1 is 0.444 bits per heavy atom. The molecule has 0 fully saturated rings. The predicted molar refractivity (Wildman–Crippen MR) is 162 cm³/mol. The van der Waals surface area contributed by atoms with Crippen LogP contribution in [0.4, 0.5) is 0 Å². The maximum absolute atomic E-state index is 14.4. The third-order valence-corrected chi connectivity index (χ3v) is 19.1. The zero-order chi connectivity index (χ0) is 33.9. The van der Waals surface area contributed by atoms with Crippen molar-refractivity contribution in [1.82, 2.24) is 0 Å². The predicted octanol–water partition coefficient (Wildman–Crippen LogP) is 8.83. The van der Waals surface area contributed by atoms with Crippen LogP contribution in [0.1, 0.15) is 55.4 Å². The van der Waals surface area contributed by atoms with E-state index >= 15 is 0 Å². The van der Waals surface area contributed by atoms with Crippen molar-refractivity contribution in [3.05, 3.63) is 24.3 Å². The van der Waals surface area contributed by atoms with Crippen molar-refractivity contribution in [2.24, 2.45) is 0 Å². The Balaban J connectivity index is 3.33. The van der Waals surface area contributed by atoms with E-state index in [9.17, 15) is 18.3 Å². The second-order valence-corrected chi connectivity index (χ2v) is 19.1. The summed E-state index contributed by atoms with van der Waals surface area (Å²) in [7, 11) is -29.2. The van der Waals surface area contributed by atoms with Crippen LogP contribution in [-0.2, 0) is 71.7 Å². The summed E-state index contributed by atoms with van der Waals surface area (Å²) in [5.41, 5.74) is 0. The molecule has 0 N–H and O–H groups in total.